The van der Waals surface area contributed by atoms with E-state index in [4.69, 9.17) is 5.11 Å². The Morgan fingerprint density at radius 1 is 1.53 bits per heavy atom. The normalized spacial score (nSPS) is 11.0. The molecule has 0 amide bonds. The molecule has 0 aliphatic heterocycles. The van der Waals surface area contributed by atoms with Crippen molar-refractivity contribution >= 4 is 28.9 Å². The van der Waals surface area contributed by atoms with E-state index in [2.05, 4.69) is 5.10 Å². The fraction of sp³-hybridized carbons (Fsp3) is 0.364. The number of aryl methyl sites for hydroxylation is 2. The highest BCUT2D eigenvalue weighted by molar-refractivity contribution is 8.13. The number of aromatic carboxylic acids is 1. The van der Waals surface area contributed by atoms with Crippen LogP contribution in [0.4, 0.5) is 0 Å². The lowest BCUT2D eigenvalue weighted by Crippen LogP contribution is -2.06. The number of carboxylic acid groups (broad SMARTS) is 1. The van der Waals surface area contributed by atoms with E-state index < -0.39 is 5.97 Å². The number of thioether (sulfide) groups is 1. The third-order valence-electron chi connectivity index (χ3n) is 2.14. The standard InChI is InChI=1S/C11H14N2O3S/c1-7-9(5-4-6-17-8(2)14)10(11(15)16)13(3)12-7/h4-5H,6H2,1-3H3,(H,15,16). The number of carboxylic acids is 1. The van der Waals surface area contributed by atoms with Gasteiger partial charge in [0.05, 0.1) is 5.69 Å². The SMILES string of the molecule is CC(=O)SCC=Cc1c(C)nn(C)c1C(=O)O. The van der Waals surface area contributed by atoms with Gasteiger partial charge in [-0.2, -0.15) is 5.10 Å². The first-order valence-electron chi connectivity index (χ1n) is 5.00. The highest BCUT2D eigenvalue weighted by Gasteiger charge is 2.16. The monoisotopic (exact) mass is 254 g/mol. The molecule has 0 fully saturated rings. The maximum atomic E-state index is 11.0. The second-order valence-corrected chi connectivity index (χ2v) is 4.68. The minimum absolute atomic E-state index is 0.0380. The van der Waals surface area contributed by atoms with Gasteiger partial charge >= 0.3 is 5.97 Å². The largest absolute Gasteiger partial charge is 0.477 e. The molecule has 0 aliphatic carbocycles. The van der Waals surface area contributed by atoms with Crippen LogP contribution in [0.1, 0.15) is 28.7 Å². The van der Waals surface area contributed by atoms with E-state index in [-0.39, 0.29) is 10.8 Å². The van der Waals surface area contributed by atoms with Gasteiger partial charge in [-0.3, -0.25) is 9.48 Å². The number of hydrogen-bond acceptors (Lipinski definition) is 4. The fourth-order valence-corrected chi connectivity index (χ4v) is 1.89. The van der Waals surface area contributed by atoms with Crippen molar-refractivity contribution in [3.05, 3.63) is 23.0 Å². The van der Waals surface area contributed by atoms with Gasteiger partial charge in [-0.25, -0.2) is 4.79 Å². The van der Waals surface area contributed by atoms with E-state index >= 15 is 0 Å². The summed E-state index contributed by atoms with van der Waals surface area (Å²) in [6, 6.07) is 0. The first-order chi connectivity index (χ1) is 7.93. The second-order valence-electron chi connectivity index (χ2n) is 3.48. The Labute approximate surface area is 104 Å². The molecule has 0 spiro atoms. The van der Waals surface area contributed by atoms with Gasteiger partial charge in [0.15, 0.2) is 10.8 Å². The van der Waals surface area contributed by atoms with Crippen molar-refractivity contribution in [1.82, 2.24) is 9.78 Å². The van der Waals surface area contributed by atoms with Crippen molar-refractivity contribution in [2.45, 2.75) is 13.8 Å². The number of rotatable bonds is 4. The highest BCUT2D eigenvalue weighted by Crippen LogP contribution is 2.15. The minimum atomic E-state index is -1.01. The summed E-state index contributed by atoms with van der Waals surface area (Å²) in [6.45, 7) is 3.25. The van der Waals surface area contributed by atoms with Crippen LogP contribution in [0.25, 0.3) is 6.08 Å². The number of hydrogen-bond donors (Lipinski definition) is 1. The molecule has 92 valence electrons. The molecule has 6 heteroatoms. The maximum Gasteiger partial charge on any atom is 0.354 e. The average Bonchev–Trinajstić information content (AvgIpc) is 2.48. The molecule has 0 saturated heterocycles. The van der Waals surface area contributed by atoms with Crippen LogP contribution < -0.4 is 0 Å². The Morgan fingerprint density at radius 2 is 2.18 bits per heavy atom. The van der Waals surface area contributed by atoms with Gasteiger partial charge in [0.1, 0.15) is 0 Å². The Balaban J connectivity index is 2.90. The molecule has 0 atom stereocenters. The summed E-state index contributed by atoms with van der Waals surface area (Å²) in [6.07, 6.45) is 3.46. The van der Waals surface area contributed by atoms with Crippen LogP contribution in [0.15, 0.2) is 6.08 Å². The minimum Gasteiger partial charge on any atom is -0.477 e. The van der Waals surface area contributed by atoms with E-state index in [1.807, 2.05) is 0 Å². The summed E-state index contributed by atoms with van der Waals surface area (Å²) in [5, 5.41) is 13.1. The van der Waals surface area contributed by atoms with Gasteiger partial charge in [-0.05, 0) is 6.92 Å². The second kappa shape index (κ2) is 5.67. The van der Waals surface area contributed by atoms with Gasteiger partial charge in [0.2, 0.25) is 0 Å². The molecule has 17 heavy (non-hydrogen) atoms. The van der Waals surface area contributed by atoms with Crippen LogP contribution in [0, 0.1) is 6.92 Å². The zero-order valence-electron chi connectivity index (χ0n) is 9.93. The quantitative estimate of drug-likeness (QED) is 0.885. The number of aromatic nitrogens is 2. The maximum absolute atomic E-state index is 11.0. The molecule has 1 heterocycles. The molecule has 0 saturated carbocycles. The molecule has 1 rings (SSSR count). The molecule has 0 bridgehead atoms. The van der Waals surface area contributed by atoms with Crippen molar-refractivity contribution in [2.24, 2.45) is 7.05 Å². The molecular formula is C11H14N2O3S. The molecule has 1 aromatic heterocycles. The van der Waals surface area contributed by atoms with Gasteiger partial charge in [-0.1, -0.05) is 23.9 Å². The molecule has 1 N–H and O–H groups in total. The van der Waals surface area contributed by atoms with Crippen LogP contribution in [0.3, 0.4) is 0 Å². The zero-order valence-corrected chi connectivity index (χ0v) is 10.7. The van der Waals surface area contributed by atoms with Crippen molar-refractivity contribution in [3.8, 4) is 0 Å². The van der Waals surface area contributed by atoms with Gasteiger partial charge in [0.25, 0.3) is 0 Å². The third-order valence-corrected chi connectivity index (χ3v) is 2.90. The van der Waals surface area contributed by atoms with Crippen LogP contribution in [-0.2, 0) is 11.8 Å². The van der Waals surface area contributed by atoms with E-state index in [9.17, 15) is 9.59 Å². The Kier molecular flexibility index (Phi) is 4.51. The average molecular weight is 254 g/mol. The van der Waals surface area contributed by atoms with Gasteiger partial charge in [-0.15, -0.1) is 0 Å². The summed E-state index contributed by atoms with van der Waals surface area (Å²) in [4.78, 5) is 21.8. The van der Waals surface area contributed by atoms with Crippen LogP contribution in [0.2, 0.25) is 0 Å². The Hall–Kier alpha value is -1.56. The van der Waals surface area contributed by atoms with E-state index in [1.165, 1.54) is 23.4 Å². The number of carbonyl (C=O) groups excluding carboxylic acids is 1. The molecule has 1 aromatic rings. The summed E-state index contributed by atoms with van der Waals surface area (Å²) in [5.41, 5.74) is 1.41. The summed E-state index contributed by atoms with van der Waals surface area (Å²) in [7, 11) is 1.60. The van der Waals surface area contributed by atoms with E-state index in [0.717, 1.165) is 0 Å². The first kappa shape index (κ1) is 13.5. The summed E-state index contributed by atoms with van der Waals surface area (Å²) < 4.78 is 1.34. The summed E-state index contributed by atoms with van der Waals surface area (Å²) in [5.74, 6) is -0.477. The van der Waals surface area contributed by atoms with Gasteiger partial charge in [0, 0.05) is 25.3 Å². The summed E-state index contributed by atoms with van der Waals surface area (Å²) >= 11 is 1.18. The lowest BCUT2D eigenvalue weighted by Gasteiger charge is -1.96. The topological polar surface area (TPSA) is 72.2 Å². The van der Waals surface area contributed by atoms with E-state index in [0.29, 0.717) is 17.0 Å². The lowest BCUT2D eigenvalue weighted by molar-refractivity contribution is -0.109. The van der Waals surface area contributed by atoms with Crippen LogP contribution >= 0.6 is 11.8 Å². The molecular weight excluding hydrogens is 240 g/mol. The van der Waals surface area contributed by atoms with Crippen molar-refractivity contribution in [1.29, 1.82) is 0 Å². The van der Waals surface area contributed by atoms with E-state index in [1.54, 1.807) is 26.1 Å². The predicted molar refractivity (Wildman–Crippen MR) is 67.1 cm³/mol. The van der Waals surface area contributed by atoms with Crippen molar-refractivity contribution < 1.29 is 14.7 Å². The number of nitrogens with zero attached hydrogens (tertiary/aromatic N) is 2. The smallest absolute Gasteiger partial charge is 0.354 e. The first-order valence-corrected chi connectivity index (χ1v) is 5.98. The fourth-order valence-electron chi connectivity index (χ4n) is 1.46. The van der Waals surface area contributed by atoms with Crippen molar-refractivity contribution in [3.63, 3.8) is 0 Å². The molecule has 5 nitrogen and oxygen atoms in total. The highest BCUT2D eigenvalue weighted by atomic mass is 32.2. The third kappa shape index (κ3) is 3.45. The van der Waals surface area contributed by atoms with Crippen LogP contribution in [-0.4, -0.2) is 31.7 Å². The van der Waals surface area contributed by atoms with Gasteiger partial charge < -0.3 is 5.11 Å². The Morgan fingerprint density at radius 3 is 2.71 bits per heavy atom. The molecule has 0 aliphatic rings. The van der Waals surface area contributed by atoms with Crippen LogP contribution in [0.5, 0.6) is 0 Å². The number of carbonyl (C=O) groups is 2. The molecule has 0 radical (unpaired) electrons. The predicted octanol–water partition coefficient (Wildman–Crippen LogP) is 1.72. The molecule has 0 unspecified atom stereocenters. The zero-order chi connectivity index (χ0) is 13.0. The Bertz CT molecular complexity index is 477. The lowest BCUT2D eigenvalue weighted by atomic mass is 10.2. The molecule has 0 aromatic carbocycles. The van der Waals surface area contributed by atoms with Crippen molar-refractivity contribution in [2.75, 3.05) is 5.75 Å².